The number of hydrogen-bond acceptors (Lipinski definition) is 4. The fraction of sp³-hybridized carbons (Fsp3) is 0.0870. The molecule has 1 aliphatic heterocycles. The van der Waals surface area contributed by atoms with Crippen molar-refractivity contribution in [3.63, 3.8) is 0 Å². The Kier molecular flexibility index (Phi) is 4.78. The van der Waals surface area contributed by atoms with Gasteiger partial charge in [0.1, 0.15) is 17.8 Å². The van der Waals surface area contributed by atoms with Crippen molar-refractivity contribution in [2.75, 3.05) is 11.6 Å². The standard InChI is InChI=1S/C23H12BrF3N2O4/c24-12-5-7-16-17(9-12)21(31)29(20(16)30)11-28(22(32)23(25,26)27)13-6-8-15-14-3-1-2-4-18(14)33-19(15)10-13/h1-10H,11H2. The smallest absolute Gasteiger partial charge is 0.456 e. The maximum absolute atomic E-state index is 13.4. The predicted octanol–water partition coefficient (Wildman–Crippen LogP) is 5.50. The molecule has 166 valence electrons. The molecule has 3 amide bonds. The Morgan fingerprint density at radius 3 is 2.36 bits per heavy atom. The Labute approximate surface area is 192 Å². The maximum atomic E-state index is 13.4. The topological polar surface area (TPSA) is 70.8 Å². The van der Waals surface area contributed by atoms with Gasteiger partial charge in [-0.2, -0.15) is 13.2 Å². The molecule has 0 unspecified atom stereocenters. The van der Waals surface area contributed by atoms with Gasteiger partial charge in [-0.25, -0.2) is 0 Å². The van der Waals surface area contributed by atoms with Gasteiger partial charge in [0.25, 0.3) is 11.8 Å². The van der Waals surface area contributed by atoms with Crippen molar-refractivity contribution in [1.82, 2.24) is 4.90 Å². The fourth-order valence-electron chi connectivity index (χ4n) is 3.83. The van der Waals surface area contributed by atoms with Crippen LogP contribution in [0.1, 0.15) is 20.7 Å². The van der Waals surface area contributed by atoms with Crippen LogP contribution >= 0.6 is 15.9 Å². The van der Waals surface area contributed by atoms with Crippen molar-refractivity contribution in [3.05, 3.63) is 76.3 Å². The molecule has 0 atom stereocenters. The van der Waals surface area contributed by atoms with Gasteiger partial charge < -0.3 is 4.42 Å². The Bertz CT molecular complexity index is 1480. The lowest BCUT2D eigenvalue weighted by Gasteiger charge is -2.27. The third kappa shape index (κ3) is 3.46. The van der Waals surface area contributed by atoms with Crippen molar-refractivity contribution in [3.8, 4) is 0 Å². The number of nitrogens with zero attached hydrogens (tertiary/aromatic N) is 2. The second-order valence-electron chi connectivity index (χ2n) is 7.38. The van der Waals surface area contributed by atoms with Crippen LogP contribution in [0.3, 0.4) is 0 Å². The minimum atomic E-state index is -5.23. The van der Waals surface area contributed by atoms with Gasteiger partial charge in [0.2, 0.25) is 0 Å². The lowest BCUT2D eigenvalue weighted by Crippen LogP contribution is -2.49. The summed E-state index contributed by atoms with van der Waals surface area (Å²) in [6.07, 6.45) is -5.23. The van der Waals surface area contributed by atoms with Crippen molar-refractivity contribution < 1.29 is 32.0 Å². The molecule has 0 saturated carbocycles. The molecular formula is C23H12BrF3N2O4. The van der Waals surface area contributed by atoms with Crippen LogP contribution in [-0.4, -0.2) is 35.5 Å². The summed E-state index contributed by atoms with van der Waals surface area (Å²) < 4.78 is 46.6. The van der Waals surface area contributed by atoms with Gasteiger partial charge in [0.15, 0.2) is 0 Å². The van der Waals surface area contributed by atoms with E-state index in [1.54, 1.807) is 30.3 Å². The molecule has 0 bridgehead atoms. The number of amides is 3. The number of fused-ring (bicyclic) bond motifs is 4. The van der Waals surface area contributed by atoms with Gasteiger partial charge in [0.05, 0.1) is 11.1 Å². The van der Waals surface area contributed by atoms with E-state index in [2.05, 4.69) is 15.9 Å². The van der Waals surface area contributed by atoms with E-state index in [1.807, 2.05) is 0 Å². The summed E-state index contributed by atoms with van der Waals surface area (Å²) in [6.45, 7) is -0.909. The number of rotatable bonds is 3. The highest BCUT2D eigenvalue weighted by Gasteiger charge is 2.46. The molecule has 1 aliphatic rings. The van der Waals surface area contributed by atoms with Crippen LogP contribution in [-0.2, 0) is 4.79 Å². The first-order valence-electron chi connectivity index (χ1n) is 9.61. The van der Waals surface area contributed by atoms with Gasteiger partial charge in [-0.1, -0.05) is 34.1 Å². The lowest BCUT2D eigenvalue weighted by atomic mass is 10.1. The van der Waals surface area contributed by atoms with Crippen LogP contribution in [0.5, 0.6) is 0 Å². The van der Waals surface area contributed by atoms with Crippen molar-refractivity contribution in [1.29, 1.82) is 0 Å². The van der Waals surface area contributed by atoms with Crippen molar-refractivity contribution in [2.45, 2.75) is 6.18 Å². The Morgan fingerprint density at radius 2 is 1.61 bits per heavy atom. The van der Waals surface area contributed by atoms with E-state index in [-0.39, 0.29) is 22.4 Å². The summed E-state index contributed by atoms with van der Waals surface area (Å²) in [7, 11) is 0. The molecule has 0 saturated heterocycles. The first kappa shape index (κ1) is 21.2. The van der Waals surface area contributed by atoms with Crippen molar-refractivity contribution in [2.24, 2.45) is 0 Å². The van der Waals surface area contributed by atoms with Crippen LogP contribution in [0.15, 0.2) is 69.6 Å². The predicted molar refractivity (Wildman–Crippen MR) is 117 cm³/mol. The van der Waals surface area contributed by atoms with E-state index in [0.717, 1.165) is 5.39 Å². The summed E-state index contributed by atoms with van der Waals surface area (Å²) in [5.41, 5.74) is 0.725. The summed E-state index contributed by atoms with van der Waals surface area (Å²) >= 11 is 3.20. The highest BCUT2D eigenvalue weighted by Crippen LogP contribution is 2.34. The number of halogens is 4. The molecule has 10 heteroatoms. The Morgan fingerprint density at radius 1 is 0.909 bits per heavy atom. The van der Waals surface area contributed by atoms with Gasteiger partial charge in [-0.15, -0.1) is 0 Å². The highest BCUT2D eigenvalue weighted by atomic mass is 79.9. The summed E-state index contributed by atoms with van der Waals surface area (Å²) in [5, 5.41) is 1.41. The number of hydrogen-bond donors (Lipinski definition) is 0. The van der Waals surface area contributed by atoms with Crippen LogP contribution in [0.25, 0.3) is 21.9 Å². The SMILES string of the molecule is O=C1c2ccc(Br)cc2C(=O)N1CN(C(=O)C(F)(F)F)c1ccc2c(c1)oc1ccccc12. The average Bonchev–Trinajstić information content (AvgIpc) is 3.25. The third-order valence-corrected chi connectivity index (χ3v) is 5.87. The zero-order valence-corrected chi connectivity index (χ0v) is 18.1. The number of anilines is 1. The van der Waals surface area contributed by atoms with E-state index in [0.29, 0.717) is 25.2 Å². The van der Waals surface area contributed by atoms with E-state index < -0.39 is 30.6 Å². The second-order valence-corrected chi connectivity index (χ2v) is 8.29. The maximum Gasteiger partial charge on any atom is 0.471 e. The van der Waals surface area contributed by atoms with Gasteiger partial charge in [-0.05, 0) is 36.4 Å². The third-order valence-electron chi connectivity index (χ3n) is 5.38. The van der Waals surface area contributed by atoms with E-state index in [1.165, 1.54) is 30.3 Å². The number of furan rings is 1. The summed E-state index contributed by atoms with van der Waals surface area (Å²) in [5.74, 6) is -3.79. The van der Waals surface area contributed by atoms with Gasteiger partial charge >= 0.3 is 12.1 Å². The first-order chi connectivity index (χ1) is 15.6. The van der Waals surface area contributed by atoms with Gasteiger partial charge in [0, 0.05) is 27.0 Å². The van der Waals surface area contributed by atoms with Crippen LogP contribution in [0, 0.1) is 0 Å². The molecule has 0 fully saturated rings. The summed E-state index contributed by atoms with van der Waals surface area (Å²) in [6, 6.07) is 15.6. The highest BCUT2D eigenvalue weighted by molar-refractivity contribution is 9.10. The monoisotopic (exact) mass is 516 g/mol. The molecule has 5 rings (SSSR count). The fourth-order valence-corrected chi connectivity index (χ4v) is 4.19. The van der Waals surface area contributed by atoms with Crippen molar-refractivity contribution >= 4 is 61.3 Å². The minimum Gasteiger partial charge on any atom is -0.456 e. The van der Waals surface area contributed by atoms with Crippen LogP contribution < -0.4 is 4.90 Å². The molecular weight excluding hydrogens is 505 g/mol. The molecule has 0 spiro atoms. The number of benzene rings is 3. The quantitative estimate of drug-likeness (QED) is 0.337. The zero-order valence-electron chi connectivity index (χ0n) is 16.5. The minimum absolute atomic E-state index is 0.0431. The van der Waals surface area contributed by atoms with E-state index >= 15 is 0 Å². The van der Waals surface area contributed by atoms with E-state index in [9.17, 15) is 27.6 Å². The molecule has 0 aliphatic carbocycles. The normalized spacial score (nSPS) is 13.8. The molecule has 33 heavy (non-hydrogen) atoms. The molecule has 6 nitrogen and oxygen atoms in total. The lowest BCUT2D eigenvalue weighted by molar-refractivity contribution is -0.170. The number of para-hydroxylation sites is 1. The second kappa shape index (κ2) is 7.45. The molecule has 4 aromatic rings. The average molecular weight is 517 g/mol. The molecule has 0 radical (unpaired) electrons. The Hall–Kier alpha value is -3.66. The molecule has 2 heterocycles. The number of imide groups is 1. The largest absolute Gasteiger partial charge is 0.471 e. The zero-order chi connectivity index (χ0) is 23.5. The molecule has 3 aromatic carbocycles. The van der Waals surface area contributed by atoms with Crippen LogP contribution in [0.4, 0.5) is 18.9 Å². The number of carbonyl (C=O) groups excluding carboxylic acids is 3. The molecule has 0 N–H and O–H groups in total. The van der Waals surface area contributed by atoms with E-state index in [4.69, 9.17) is 4.42 Å². The van der Waals surface area contributed by atoms with Crippen LogP contribution in [0.2, 0.25) is 0 Å². The summed E-state index contributed by atoms with van der Waals surface area (Å²) in [4.78, 5) is 38.8. The first-order valence-corrected chi connectivity index (χ1v) is 10.4. The van der Waals surface area contributed by atoms with Gasteiger partial charge in [-0.3, -0.25) is 24.2 Å². The number of alkyl halides is 3. The Balaban J connectivity index is 1.57. The number of carbonyl (C=O) groups is 3. The molecule has 1 aromatic heterocycles.